The van der Waals surface area contributed by atoms with Gasteiger partial charge in [-0.15, -0.1) is 0 Å². The lowest BCUT2D eigenvalue weighted by Gasteiger charge is -2.12. The number of rotatable bonds is 3. The van der Waals surface area contributed by atoms with Crippen molar-refractivity contribution in [3.05, 3.63) is 45.0 Å². The van der Waals surface area contributed by atoms with Gasteiger partial charge in [-0.25, -0.2) is 22.2 Å². The molecule has 0 spiro atoms. The maximum Gasteiger partial charge on any atom is 0.265 e. The summed E-state index contributed by atoms with van der Waals surface area (Å²) in [5.41, 5.74) is 5.09. The van der Waals surface area contributed by atoms with Crippen LogP contribution in [0.2, 0.25) is 0 Å². The van der Waals surface area contributed by atoms with Crippen LogP contribution in [0.4, 0.5) is 20.3 Å². The van der Waals surface area contributed by atoms with Crippen LogP contribution in [0.15, 0.2) is 38.2 Å². The van der Waals surface area contributed by atoms with Gasteiger partial charge in [-0.05, 0) is 44.0 Å². The topological polar surface area (TPSA) is 85.1 Å². The Morgan fingerprint density at radius 2 is 1.86 bits per heavy atom. The van der Waals surface area contributed by atoms with Gasteiger partial charge in [0.25, 0.3) is 10.0 Å². The monoisotopic (exact) mass is 441 g/mol. The van der Waals surface area contributed by atoms with Gasteiger partial charge in [0.2, 0.25) is 0 Å². The van der Waals surface area contributed by atoms with E-state index in [0.29, 0.717) is 10.5 Å². The van der Waals surface area contributed by atoms with E-state index in [0.717, 1.165) is 6.07 Å². The molecule has 0 radical (unpaired) electrons. The third-order valence-corrected chi connectivity index (χ3v) is 4.82. The van der Waals surface area contributed by atoms with Crippen LogP contribution in [0.3, 0.4) is 0 Å². The van der Waals surface area contributed by atoms with Crippen molar-refractivity contribution in [2.24, 2.45) is 0 Å². The van der Waals surface area contributed by atoms with E-state index in [4.69, 9.17) is 5.73 Å². The van der Waals surface area contributed by atoms with Gasteiger partial charge in [0.1, 0.15) is 16.5 Å². The lowest BCUT2D eigenvalue weighted by molar-refractivity contribution is 0.581. The van der Waals surface area contributed by atoms with Crippen molar-refractivity contribution in [3.63, 3.8) is 0 Å². The van der Waals surface area contributed by atoms with Crippen molar-refractivity contribution in [1.82, 2.24) is 4.98 Å². The second kappa shape index (κ2) is 5.85. The van der Waals surface area contributed by atoms with Gasteiger partial charge in [-0.1, -0.05) is 0 Å². The van der Waals surface area contributed by atoms with Crippen molar-refractivity contribution >= 4 is 53.4 Å². The van der Waals surface area contributed by atoms with Crippen molar-refractivity contribution in [2.45, 2.75) is 4.90 Å². The summed E-state index contributed by atoms with van der Waals surface area (Å²) in [6, 6.07) is 2.72. The number of nitrogen functional groups attached to an aromatic ring is 1. The number of halogens is 4. The minimum Gasteiger partial charge on any atom is -0.383 e. The molecule has 1 aromatic carbocycles. The van der Waals surface area contributed by atoms with Gasteiger partial charge in [-0.3, -0.25) is 4.72 Å². The Kier molecular flexibility index (Phi) is 4.49. The zero-order chi connectivity index (χ0) is 15.8. The van der Waals surface area contributed by atoms with Crippen LogP contribution >= 0.6 is 31.9 Å². The minimum atomic E-state index is -4.18. The van der Waals surface area contributed by atoms with E-state index in [1.807, 2.05) is 4.72 Å². The summed E-state index contributed by atoms with van der Waals surface area (Å²) in [6.45, 7) is 0. The minimum absolute atomic E-state index is 0.0786. The lowest BCUT2D eigenvalue weighted by atomic mass is 10.3. The molecule has 0 atom stereocenters. The molecule has 10 heteroatoms. The zero-order valence-electron chi connectivity index (χ0n) is 10.1. The van der Waals surface area contributed by atoms with Crippen LogP contribution in [-0.2, 0) is 10.0 Å². The van der Waals surface area contributed by atoms with Crippen molar-refractivity contribution in [3.8, 4) is 0 Å². The Morgan fingerprint density at radius 3 is 2.48 bits per heavy atom. The third kappa shape index (κ3) is 3.50. The van der Waals surface area contributed by atoms with E-state index >= 15 is 0 Å². The van der Waals surface area contributed by atoms with Gasteiger partial charge in [0, 0.05) is 21.2 Å². The van der Waals surface area contributed by atoms with Crippen molar-refractivity contribution in [1.29, 1.82) is 0 Å². The predicted octanol–water partition coefficient (Wildman–Crippen LogP) is 3.27. The first-order valence-corrected chi connectivity index (χ1v) is 8.36. The van der Waals surface area contributed by atoms with Gasteiger partial charge in [-0.2, -0.15) is 0 Å². The van der Waals surface area contributed by atoms with Crippen LogP contribution in [0.5, 0.6) is 0 Å². The summed E-state index contributed by atoms with van der Waals surface area (Å²) in [5, 5.41) is 0. The largest absolute Gasteiger partial charge is 0.383 e. The number of hydrogen-bond donors (Lipinski definition) is 2. The van der Waals surface area contributed by atoms with Crippen LogP contribution < -0.4 is 10.5 Å². The van der Waals surface area contributed by atoms with E-state index in [-0.39, 0.29) is 15.2 Å². The molecule has 21 heavy (non-hydrogen) atoms. The predicted molar refractivity (Wildman–Crippen MR) is 81.2 cm³/mol. The standard InChI is InChI=1S/C11H7Br2F2N3O2S/c12-5-1-9(11(16)17-4-5)21(19,20)18-10-7(13)2-6(14)3-8(10)15/h1-4,18H,(H2,16,17). The highest BCUT2D eigenvalue weighted by atomic mass is 79.9. The molecule has 5 nitrogen and oxygen atoms in total. The number of nitrogens with zero attached hydrogens (tertiary/aromatic N) is 1. The fourth-order valence-corrected chi connectivity index (χ4v) is 3.79. The quantitative estimate of drug-likeness (QED) is 0.763. The number of hydrogen-bond acceptors (Lipinski definition) is 4. The van der Waals surface area contributed by atoms with E-state index < -0.39 is 27.3 Å². The summed E-state index contributed by atoms with van der Waals surface area (Å²) in [4.78, 5) is 3.37. The van der Waals surface area contributed by atoms with Crippen LogP contribution in [0.1, 0.15) is 0 Å². The normalized spacial score (nSPS) is 11.4. The lowest BCUT2D eigenvalue weighted by Crippen LogP contribution is -2.17. The third-order valence-electron chi connectivity index (χ3n) is 2.38. The Morgan fingerprint density at radius 1 is 1.19 bits per heavy atom. The van der Waals surface area contributed by atoms with Gasteiger partial charge < -0.3 is 5.73 Å². The van der Waals surface area contributed by atoms with Crippen molar-refractivity contribution in [2.75, 3.05) is 10.5 Å². The van der Waals surface area contributed by atoms with E-state index in [1.54, 1.807) is 0 Å². The fraction of sp³-hybridized carbons (Fsp3) is 0. The molecular formula is C11H7Br2F2N3O2S. The Labute approximate surface area is 135 Å². The second-order valence-electron chi connectivity index (χ2n) is 3.89. The molecule has 0 aliphatic carbocycles. The molecule has 0 aliphatic rings. The van der Waals surface area contributed by atoms with Gasteiger partial charge in [0.05, 0.1) is 5.69 Å². The molecule has 2 aromatic rings. The number of anilines is 2. The van der Waals surface area contributed by atoms with E-state index in [2.05, 4.69) is 36.8 Å². The highest BCUT2D eigenvalue weighted by Crippen LogP contribution is 2.30. The molecule has 0 amide bonds. The maximum absolute atomic E-state index is 13.7. The number of aromatic nitrogens is 1. The molecule has 0 fully saturated rings. The van der Waals surface area contributed by atoms with Crippen molar-refractivity contribution < 1.29 is 17.2 Å². The molecule has 1 heterocycles. The summed E-state index contributed by atoms with van der Waals surface area (Å²) < 4.78 is 53.5. The van der Waals surface area contributed by atoms with E-state index in [1.165, 1.54) is 12.3 Å². The molecule has 0 saturated heterocycles. The number of benzene rings is 1. The van der Waals surface area contributed by atoms with Crippen LogP contribution in [0, 0.1) is 11.6 Å². The Balaban J connectivity index is 2.50. The Bertz CT molecular complexity index is 792. The summed E-state index contributed by atoms with van der Waals surface area (Å²) in [5.74, 6) is -2.15. The van der Waals surface area contributed by atoms with Crippen LogP contribution in [0.25, 0.3) is 0 Å². The molecule has 3 N–H and O–H groups in total. The summed E-state index contributed by atoms with van der Waals surface area (Å²) in [6.07, 6.45) is 1.32. The smallest absolute Gasteiger partial charge is 0.265 e. The SMILES string of the molecule is Nc1ncc(Br)cc1S(=O)(=O)Nc1c(F)cc(F)cc1Br. The first-order valence-electron chi connectivity index (χ1n) is 5.29. The molecular weight excluding hydrogens is 436 g/mol. The highest BCUT2D eigenvalue weighted by molar-refractivity contribution is 9.10. The molecule has 0 saturated carbocycles. The molecule has 1 aromatic heterocycles. The zero-order valence-corrected chi connectivity index (χ0v) is 14.1. The second-order valence-corrected chi connectivity index (χ2v) is 7.31. The first-order chi connectivity index (χ1) is 9.70. The average molecular weight is 443 g/mol. The van der Waals surface area contributed by atoms with E-state index in [9.17, 15) is 17.2 Å². The summed E-state index contributed by atoms with van der Waals surface area (Å²) in [7, 11) is -4.18. The molecule has 0 aliphatic heterocycles. The fourth-order valence-electron chi connectivity index (χ4n) is 1.48. The molecule has 0 unspecified atom stereocenters. The van der Waals surface area contributed by atoms with Gasteiger partial charge in [0.15, 0.2) is 5.82 Å². The molecule has 2 rings (SSSR count). The van der Waals surface area contributed by atoms with Crippen LogP contribution in [-0.4, -0.2) is 13.4 Å². The molecule has 112 valence electrons. The number of sulfonamides is 1. The maximum atomic E-state index is 13.7. The first kappa shape index (κ1) is 16.1. The number of nitrogens with two attached hydrogens (primary N) is 1. The number of pyridine rings is 1. The highest BCUT2D eigenvalue weighted by Gasteiger charge is 2.22. The number of nitrogens with one attached hydrogen (secondary N) is 1. The summed E-state index contributed by atoms with van der Waals surface area (Å²) >= 11 is 5.96. The molecule has 0 bridgehead atoms. The van der Waals surface area contributed by atoms with Gasteiger partial charge >= 0.3 is 0 Å². The average Bonchev–Trinajstić information content (AvgIpc) is 2.36. The Hall–Kier alpha value is -1.26.